The van der Waals surface area contributed by atoms with Gasteiger partial charge in [-0.05, 0) is 0 Å². The molecule has 29 valence electrons. The summed E-state index contributed by atoms with van der Waals surface area (Å²) in [7, 11) is -3.13. The molecule has 6 heavy (non-hydrogen) atoms. The maximum Gasteiger partial charge on any atom is 0 e. The Balaban J connectivity index is -0.0000000450. The Kier molecular flexibility index (Phi) is 25.0. The first-order valence-corrected chi connectivity index (χ1v) is 1.95. The van der Waals surface area contributed by atoms with Gasteiger partial charge in [0, 0.05) is 32.7 Å². The van der Waals surface area contributed by atoms with Crippen LogP contribution in [0.2, 0.25) is 0 Å². The van der Waals surface area contributed by atoms with Crippen molar-refractivity contribution in [3.8, 4) is 0 Å². The zero-order valence-electron chi connectivity index (χ0n) is 2.38. The van der Waals surface area contributed by atoms with Crippen molar-refractivity contribution in [2.24, 2.45) is 0 Å². The Morgan fingerprint density at radius 3 is 1.33 bits per heavy atom. The summed E-state index contributed by atoms with van der Waals surface area (Å²) in [5.41, 5.74) is 0. The molecule has 0 aromatic heterocycles. The molecule has 0 rings (SSSR count). The molecule has 0 heterocycles. The Bertz CT molecular complexity index is 33.8. The predicted octanol–water partition coefficient (Wildman–Crippen LogP) is -2.26. The van der Waals surface area contributed by atoms with E-state index in [0.29, 0.717) is 0 Å². The van der Waals surface area contributed by atoms with Crippen molar-refractivity contribution in [1.82, 2.24) is 0 Å². The molecular weight excluding hydrogens is 172 g/mol. The molecule has 0 aromatic rings. The van der Waals surface area contributed by atoms with Crippen LogP contribution >= 0.6 is 0 Å². The third-order valence-corrected chi connectivity index (χ3v) is 0. The van der Waals surface area contributed by atoms with E-state index in [9.17, 15) is 0 Å². The minimum Gasteiger partial charge on any atom is 0 e. The Morgan fingerprint density at radius 2 is 1.33 bits per heavy atom. The van der Waals surface area contributed by atoms with Crippen molar-refractivity contribution in [1.29, 1.82) is 0 Å². The molecule has 0 spiro atoms. The van der Waals surface area contributed by atoms with Crippen molar-refractivity contribution in [3.05, 3.63) is 0 Å². The van der Waals surface area contributed by atoms with Gasteiger partial charge < -0.3 is 9.59 Å². The minimum absolute atomic E-state index is 0. The Morgan fingerprint density at radius 1 is 1.33 bits per heavy atom. The second-order valence-corrected chi connectivity index (χ2v) is 0.848. The van der Waals surface area contributed by atoms with E-state index in [-0.39, 0.29) is 51.6 Å². The van der Waals surface area contributed by atoms with E-state index >= 15 is 0 Å². The van der Waals surface area contributed by atoms with Crippen LogP contribution in [-0.2, 0) is 37.2 Å². The smallest absolute Gasteiger partial charge is 0 e. The number of rotatable bonds is 0. The first-order chi connectivity index (χ1) is 1.73. The standard InChI is InChI=1S/Li.H2O3Si.Y.H/c;1-4(2)3;;/h;1-2H;;. The van der Waals surface area contributed by atoms with Crippen LogP contribution in [0, 0.1) is 0 Å². The van der Waals surface area contributed by atoms with Crippen molar-refractivity contribution in [2.75, 3.05) is 0 Å². The van der Waals surface area contributed by atoms with Crippen LogP contribution < -0.4 is 0 Å². The van der Waals surface area contributed by atoms with E-state index in [1.54, 1.807) is 0 Å². The molecule has 0 atom stereocenters. The zero-order chi connectivity index (χ0) is 3.58. The van der Waals surface area contributed by atoms with Crippen LogP contribution in [0.5, 0.6) is 0 Å². The quantitative estimate of drug-likeness (QED) is 0.408. The topological polar surface area (TPSA) is 57.5 Å². The molecule has 0 aliphatic rings. The van der Waals surface area contributed by atoms with Gasteiger partial charge in [-0.3, -0.25) is 4.46 Å². The van der Waals surface area contributed by atoms with Crippen LogP contribution in [0.15, 0.2) is 0 Å². The normalized spacial score (nSPS) is 4.00. The summed E-state index contributed by atoms with van der Waals surface area (Å²) < 4.78 is 8.74. The fourth-order valence-electron chi connectivity index (χ4n) is 0. The molecule has 0 aliphatic carbocycles. The predicted molar refractivity (Wildman–Crippen MR) is 18.0 cm³/mol. The maximum atomic E-state index is 8.74. The molecule has 0 bridgehead atoms. The molecule has 0 saturated carbocycles. The molecule has 2 N–H and O–H groups in total. The van der Waals surface area contributed by atoms with Gasteiger partial charge >= 0.3 is 28.0 Å². The summed E-state index contributed by atoms with van der Waals surface area (Å²) in [6.45, 7) is 0. The first-order valence-electron chi connectivity index (χ1n) is 0.651. The van der Waals surface area contributed by atoms with Gasteiger partial charge in [0.05, 0.1) is 0 Å². The van der Waals surface area contributed by atoms with E-state index in [2.05, 4.69) is 0 Å². The van der Waals surface area contributed by atoms with Crippen molar-refractivity contribution >= 4 is 28.0 Å². The van der Waals surface area contributed by atoms with Gasteiger partial charge in [0.1, 0.15) is 0 Å². The Labute approximate surface area is 74.1 Å². The molecule has 0 unspecified atom stereocenters. The van der Waals surface area contributed by atoms with Gasteiger partial charge in [0.2, 0.25) is 0 Å². The van der Waals surface area contributed by atoms with Crippen LogP contribution in [0.3, 0.4) is 0 Å². The van der Waals surface area contributed by atoms with Gasteiger partial charge in [-0.15, -0.1) is 0 Å². The van der Waals surface area contributed by atoms with Crippen LogP contribution in [-0.4, -0.2) is 37.6 Å². The van der Waals surface area contributed by atoms with Crippen molar-refractivity contribution < 1.29 is 46.8 Å². The summed E-state index contributed by atoms with van der Waals surface area (Å²) in [4.78, 5) is 14.3. The van der Waals surface area contributed by atoms with Gasteiger partial charge in [0.15, 0.2) is 0 Å². The summed E-state index contributed by atoms with van der Waals surface area (Å²) in [5.74, 6) is 0. The zero-order valence-corrected chi connectivity index (χ0v) is 6.22. The summed E-state index contributed by atoms with van der Waals surface area (Å²) in [6, 6.07) is 0. The number of hydrogen-bond donors (Lipinski definition) is 2. The fourth-order valence-corrected chi connectivity index (χ4v) is 0. The molecule has 3 nitrogen and oxygen atoms in total. The molecular formula is H3LiO3SiY. The minimum atomic E-state index is -3.13. The van der Waals surface area contributed by atoms with Crippen LogP contribution in [0.1, 0.15) is 0 Å². The van der Waals surface area contributed by atoms with Crippen LogP contribution in [0.4, 0.5) is 0 Å². The second-order valence-electron chi connectivity index (χ2n) is 0.283. The van der Waals surface area contributed by atoms with Crippen LogP contribution in [0.25, 0.3) is 0 Å². The summed E-state index contributed by atoms with van der Waals surface area (Å²) >= 11 is 0. The average Bonchev–Trinajstić information content (AvgIpc) is 0.811. The Hall–Kier alpha value is 1.32. The monoisotopic (exact) mass is 175 g/mol. The van der Waals surface area contributed by atoms with Gasteiger partial charge in [-0.2, -0.15) is 0 Å². The molecule has 0 aromatic carbocycles. The second kappa shape index (κ2) is 9.58. The van der Waals surface area contributed by atoms with E-state index < -0.39 is 9.17 Å². The molecule has 0 saturated heterocycles. The van der Waals surface area contributed by atoms with Crippen molar-refractivity contribution in [3.63, 3.8) is 0 Å². The van der Waals surface area contributed by atoms with Gasteiger partial charge in [0.25, 0.3) is 0 Å². The van der Waals surface area contributed by atoms with Crippen molar-refractivity contribution in [2.45, 2.75) is 0 Å². The fraction of sp³-hybridized carbons (Fsp3) is 0. The van der Waals surface area contributed by atoms with E-state index in [0.717, 1.165) is 0 Å². The SMILES string of the molecule is O=[Si](O)O.[LiH].[Y]. The van der Waals surface area contributed by atoms with E-state index in [1.807, 2.05) is 0 Å². The molecule has 0 aliphatic heterocycles. The third-order valence-electron chi connectivity index (χ3n) is 0. The molecule has 1 radical (unpaired) electrons. The largest absolute Gasteiger partial charge is 0 e. The van der Waals surface area contributed by atoms with Gasteiger partial charge in [-0.1, -0.05) is 0 Å². The molecule has 0 fully saturated rings. The molecule has 6 heteroatoms. The van der Waals surface area contributed by atoms with Gasteiger partial charge in [-0.25, -0.2) is 0 Å². The summed E-state index contributed by atoms with van der Waals surface area (Å²) in [6.07, 6.45) is 0. The third kappa shape index (κ3) is 57.1. The average molecular weight is 175 g/mol. The van der Waals surface area contributed by atoms with E-state index in [1.165, 1.54) is 0 Å². The maximum absolute atomic E-state index is 8.74. The summed E-state index contributed by atoms with van der Waals surface area (Å²) in [5, 5.41) is 0. The first kappa shape index (κ1) is 15.7. The molecule has 0 amide bonds. The van der Waals surface area contributed by atoms with E-state index in [4.69, 9.17) is 14.1 Å². The number of hydrogen-bond acceptors (Lipinski definition) is 1.